The van der Waals surface area contributed by atoms with E-state index in [-0.39, 0.29) is 34.4 Å². The quantitative estimate of drug-likeness (QED) is 0.624. The zero-order valence-corrected chi connectivity index (χ0v) is 19.3. The third-order valence-corrected chi connectivity index (χ3v) is 7.12. The number of aryl methyl sites for hydroxylation is 1. The van der Waals surface area contributed by atoms with Gasteiger partial charge >= 0.3 is 0 Å². The van der Waals surface area contributed by atoms with E-state index < -0.39 is 15.9 Å². The molecule has 3 rings (SSSR count). The van der Waals surface area contributed by atoms with Crippen LogP contribution in [0.25, 0.3) is 0 Å². The summed E-state index contributed by atoms with van der Waals surface area (Å²) in [6.45, 7) is 3.44. The van der Waals surface area contributed by atoms with Crippen molar-refractivity contribution in [2.45, 2.75) is 31.1 Å². The van der Waals surface area contributed by atoms with Gasteiger partial charge in [0.25, 0.3) is 15.9 Å². The third-order valence-electron chi connectivity index (χ3n) is 5.00. The summed E-state index contributed by atoms with van der Waals surface area (Å²) in [5.74, 6) is -0.559. The maximum atomic E-state index is 12.8. The highest BCUT2D eigenvalue weighted by molar-refractivity contribution is 7.92. The minimum atomic E-state index is -3.97. The van der Waals surface area contributed by atoms with Crippen LogP contribution in [-0.2, 0) is 14.8 Å². The molecule has 0 radical (unpaired) electrons. The number of nitrogens with one attached hydrogen (secondary N) is 2. The molecular formula is C21H23Cl2N3O4S. The van der Waals surface area contributed by atoms with Crippen LogP contribution in [0.5, 0.6) is 0 Å². The molecule has 1 heterocycles. The van der Waals surface area contributed by atoms with Crippen LogP contribution in [0, 0.1) is 6.92 Å². The molecule has 2 N–H and O–H groups in total. The minimum Gasteiger partial charge on any atom is -0.351 e. The zero-order chi connectivity index (χ0) is 22.6. The largest absolute Gasteiger partial charge is 0.351 e. The molecule has 1 fully saturated rings. The second-order valence-electron chi connectivity index (χ2n) is 7.30. The van der Waals surface area contributed by atoms with Gasteiger partial charge in [0.05, 0.1) is 21.2 Å². The Labute approximate surface area is 191 Å². The Morgan fingerprint density at radius 1 is 1.03 bits per heavy atom. The molecule has 7 nitrogen and oxygen atoms in total. The molecule has 2 aromatic rings. The molecule has 0 atom stereocenters. The van der Waals surface area contributed by atoms with E-state index in [1.165, 1.54) is 24.3 Å². The Bertz CT molecular complexity index is 1100. The number of hydrogen-bond donors (Lipinski definition) is 2. The molecular weight excluding hydrogens is 461 g/mol. The number of carbonyl (C=O) groups is 2. The van der Waals surface area contributed by atoms with Gasteiger partial charge in [-0.25, -0.2) is 8.42 Å². The van der Waals surface area contributed by atoms with Crippen molar-refractivity contribution in [3.63, 3.8) is 0 Å². The molecule has 0 spiro atoms. The Morgan fingerprint density at radius 2 is 1.74 bits per heavy atom. The Balaban J connectivity index is 1.68. The van der Waals surface area contributed by atoms with Gasteiger partial charge in [0.1, 0.15) is 0 Å². The maximum absolute atomic E-state index is 12.8. The number of halogens is 2. The first-order chi connectivity index (χ1) is 14.7. The van der Waals surface area contributed by atoms with Crippen LogP contribution < -0.4 is 10.0 Å². The number of hydrogen-bond acceptors (Lipinski definition) is 4. The van der Waals surface area contributed by atoms with Gasteiger partial charge < -0.3 is 10.2 Å². The lowest BCUT2D eigenvalue weighted by molar-refractivity contribution is -0.129. The molecule has 0 aliphatic carbocycles. The fraction of sp³-hybridized carbons (Fsp3) is 0.333. The Hall–Kier alpha value is -2.29. The van der Waals surface area contributed by atoms with Crippen molar-refractivity contribution in [2.75, 3.05) is 24.4 Å². The number of nitrogens with zero attached hydrogens (tertiary/aromatic N) is 1. The van der Waals surface area contributed by atoms with Crippen LogP contribution >= 0.6 is 23.2 Å². The van der Waals surface area contributed by atoms with Crippen LogP contribution in [0.2, 0.25) is 10.0 Å². The van der Waals surface area contributed by atoms with Gasteiger partial charge in [-0.15, -0.1) is 0 Å². The monoisotopic (exact) mass is 483 g/mol. The summed E-state index contributed by atoms with van der Waals surface area (Å²) in [6, 6.07) is 8.67. The van der Waals surface area contributed by atoms with Crippen LogP contribution in [0.1, 0.15) is 35.2 Å². The zero-order valence-electron chi connectivity index (χ0n) is 17.0. The average molecular weight is 484 g/mol. The molecule has 1 aliphatic rings. The predicted octanol–water partition coefficient (Wildman–Crippen LogP) is 3.84. The van der Waals surface area contributed by atoms with Gasteiger partial charge in [-0.3, -0.25) is 14.3 Å². The highest BCUT2D eigenvalue weighted by atomic mass is 35.5. The number of likely N-dealkylation sites (tertiary alicyclic amines) is 1. The molecule has 0 unspecified atom stereocenters. The van der Waals surface area contributed by atoms with E-state index in [2.05, 4.69) is 10.0 Å². The van der Waals surface area contributed by atoms with Crippen LogP contribution in [0.4, 0.5) is 5.69 Å². The van der Waals surface area contributed by atoms with Crippen molar-refractivity contribution >= 4 is 50.7 Å². The number of sulfonamides is 1. The number of amides is 2. The van der Waals surface area contributed by atoms with E-state index in [1.54, 1.807) is 17.0 Å². The lowest BCUT2D eigenvalue weighted by Gasteiger charge is -2.15. The van der Waals surface area contributed by atoms with Crippen molar-refractivity contribution in [1.29, 1.82) is 0 Å². The minimum absolute atomic E-state index is 0.0128. The molecule has 10 heteroatoms. The summed E-state index contributed by atoms with van der Waals surface area (Å²) in [4.78, 5) is 26.3. The summed E-state index contributed by atoms with van der Waals surface area (Å²) in [5, 5.41) is 3.17. The van der Waals surface area contributed by atoms with Crippen molar-refractivity contribution in [3.8, 4) is 0 Å². The summed E-state index contributed by atoms with van der Waals surface area (Å²) < 4.78 is 28.0. The molecule has 2 amide bonds. The normalized spacial score (nSPS) is 13.8. The first-order valence-corrected chi connectivity index (χ1v) is 12.1. The summed E-state index contributed by atoms with van der Waals surface area (Å²) in [7, 11) is -3.97. The van der Waals surface area contributed by atoms with Gasteiger partial charge in [0.2, 0.25) is 5.91 Å². The van der Waals surface area contributed by atoms with Gasteiger partial charge in [-0.1, -0.05) is 29.3 Å². The molecule has 0 saturated carbocycles. The first kappa shape index (κ1) is 23.4. The highest BCUT2D eigenvalue weighted by Crippen LogP contribution is 2.25. The molecule has 31 heavy (non-hydrogen) atoms. The van der Waals surface area contributed by atoms with Gasteiger partial charge in [0, 0.05) is 31.1 Å². The number of carbonyl (C=O) groups excluding carboxylic acids is 2. The molecule has 166 valence electrons. The topological polar surface area (TPSA) is 95.6 Å². The van der Waals surface area contributed by atoms with Crippen molar-refractivity contribution in [2.24, 2.45) is 0 Å². The van der Waals surface area contributed by atoms with Crippen molar-refractivity contribution < 1.29 is 18.0 Å². The van der Waals surface area contributed by atoms with Crippen LogP contribution in [-0.4, -0.2) is 44.8 Å². The van der Waals surface area contributed by atoms with E-state index in [9.17, 15) is 18.0 Å². The molecule has 0 bridgehead atoms. The smallest absolute Gasteiger partial charge is 0.261 e. The lowest BCUT2D eigenvalue weighted by atomic mass is 10.2. The highest BCUT2D eigenvalue weighted by Gasteiger charge is 2.21. The standard InChI is InChI=1S/C21H23Cl2N3O4S/c1-14-4-5-15(12-19(14)23)25-31(29,30)16-6-7-18(22)17(13-16)21(28)24-9-8-20(27)26-10-2-3-11-26/h4-7,12-13,25H,2-3,8-11H2,1H3,(H,24,28). The summed E-state index contributed by atoms with van der Waals surface area (Å²) in [5.41, 5.74) is 1.13. The average Bonchev–Trinajstić information content (AvgIpc) is 3.25. The van der Waals surface area contributed by atoms with E-state index in [0.717, 1.165) is 31.5 Å². The lowest BCUT2D eigenvalue weighted by Crippen LogP contribution is -2.32. The molecule has 0 aromatic heterocycles. The van der Waals surface area contributed by atoms with E-state index in [1.807, 2.05) is 6.92 Å². The third kappa shape index (κ3) is 5.90. The van der Waals surface area contributed by atoms with E-state index in [0.29, 0.717) is 10.7 Å². The Morgan fingerprint density at radius 3 is 2.42 bits per heavy atom. The fourth-order valence-corrected chi connectivity index (χ4v) is 4.68. The van der Waals surface area contributed by atoms with Crippen molar-refractivity contribution in [1.82, 2.24) is 10.2 Å². The number of rotatable bonds is 7. The fourth-order valence-electron chi connectivity index (χ4n) is 3.22. The van der Waals surface area contributed by atoms with Crippen molar-refractivity contribution in [3.05, 3.63) is 57.6 Å². The molecule has 1 saturated heterocycles. The van der Waals surface area contributed by atoms with E-state index in [4.69, 9.17) is 23.2 Å². The molecule has 2 aromatic carbocycles. The van der Waals surface area contributed by atoms with Crippen LogP contribution in [0.3, 0.4) is 0 Å². The summed E-state index contributed by atoms with van der Waals surface area (Å²) >= 11 is 12.2. The second-order valence-corrected chi connectivity index (χ2v) is 9.80. The maximum Gasteiger partial charge on any atom is 0.261 e. The SMILES string of the molecule is Cc1ccc(NS(=O)(=O)c2ccc(Cl)c(C(=O)NCCC(=O)N3CCCC3)c2)cc1Cl. The Kier molecular flexibility index (Phi) is 7.46. The predicted molar refractivity (Wildman–Crippen MR) is 121 cm³/mol. The molecule has 1 aliphatic heterocycles. The van der Waals surface area contributed by atoms with Gasteiger partial charge in [-0.05, 0) is 55.7 Å². The summed E-state index contributed by atoms with van der Waals surface area (Å²) in [6.07, 6.45) is 2.17. The van der Waals surface area contributed by atoms with Gasteiger partial charge in [-0.2, -0.15) is 0 Å². The first-order valence-electron chi connectivity index (χ1n) is 9.82. The van der Waals surface area contributed by atoms with Crippen LogP contribution in [0.15, 0.2) is 41.3 Å². The number of anilines is 1. The van der Waals surface area contributed by atoms with E-state index >= 15 is 0 Å². The second kappa shape index (κ2) is 9.89. The number of benzene rings is 2. The van der Waals surface area contributed by atoms with Gasteiger partial charge in [0.15, 0.2) is 0 Å².